The minimum Gasteiger partial charge on any atom is -0.307 e. The standard InChI is InChI=1S/C14H19ClN2O2S/c15-20(18,19)17-8-6-12(7-9-17)14-13(16-14)10-11-4-2-1-3-5-11/h1-5,12-14,16H,6-10H2/t13-,14?/m0/s1. The number of benzene rings is 1. The van der Waals surface area contributed by atoms with Crippen molar-refractivity contribution >= 4 is 19.9 Å². The quantitative estimate of drug-likeness (QED) is 0.680. The number of nitrogens with zero attached hydrogens (tertiary/aromatic N) is 1. The Balaban J connectivity index is 1.49. The minimum absolute atomic E-state index is 0.537. The highest BCUT2D eigenvalue weighted by Gasteiger charge is 2.43. The normalized spacial score (nSPS) is 28.4. The van der Waals surface area contributed by atoms with Gasteiger partial charge in [-0.3, -0.25) is 0 Å². The van der Waals surface area contributed by atoms with Crippen molar-refractivity contribution in [3.05, 3.63) is 35.9 Å². The summed E-state index contributed by atoms with van der Waals surface area (Å²) in [5, 5.41) is 3.54. The third-order valence-electron chi connectivity index (χ3n) is 4.34. The number of nitrogens with one attached hydrogen (secondary N) is 1. The van der Waals surface area contributed by atoms with Gasteiger partial charge in [0.05, 0.1) is 0 Å². The lowest BCUT2D eigenvalue weighted by Crippen LogP contribution is -2.37. The molecule has 4 nitrogen and oxygen atoms in total. The number of hydrogen-bond acceptors (Lipinski definition) is 3. The fraction of sp³-hybridized carbons (Fsp3) is 0.571. The molecule has 0 saturated carbocycles. The molecule has 2 saturated heterocycles. The molecule has 1 unspecified atom stereocenters. The van der Waals surface area contributed by atoms with Crippen LogP contribution < -0.4 is 5.32 Å². The first-order valence-corrected chi connectivity index (χ1v) is 9.30. The Morgan fingerprint density at radius 2 is 1.85 bits per heavy atom. The first kappa shape index (κ1) is 14.3. The summed E-state index contributed by atoms with van der Waals surface area (Å²) >= 11 is 0. The second-order valence-corrected chi connectivity index (χ2v) is 8.18. The molecule has 2 atom stereocenters. The minimum atomic E-state index is -3.53. The average molecular weight is 315 g/mol. The van der Waals surface area contributed by atoms with Crippen LogP contribution in [0.2, 0.25) is 0 Å². The maximum absolute atomic E-state index is 11.3. The molecule has 3 rings (SSSR count). The van der Waals surface area contributed by atoms with Crippen LogP contribution in [0.1, 0.15) is 18.4 Å². The topological polar surface area (TPSA) is 59.3 Å². The molecule has 1 aromatic carbocycles. The van der Waals surface area contributed by atoms with Crippen LogP contribution in [0.4, 0.5) is 0 Å². The van der Waals surface area contributed by atoms with E-state index in [2.05, 4.69) is 29.6 Å². The van der Waals surface area contributed by atoms with E-state index in [1.54, 1.807) is 0 Å². The molecule has 6 heteroatoms. The lowest BCUT2D eigenvalue weighted by molar-refractivity contribution is 0.272. The van der Waals surface area contributed by atoms with Gasteiger partial charge in [-0.05, 0) is 30.7 Å². The Labute approximate surface area is 124 Å². The molecule has 2 aliphatic rings. The second-order valence-electron chi connectivity index (χ2n) is 5.67. The molecule has 0 spiro atoms. The summed E-state index contributed by atoms with van der Waals surface area (Å²) in [6, 6.07) is 11.5. The van der Waals surface area contributed by atoms with Crippen molar-refractivity contribution in [2.45, 2.75) is 31.3 Å². The fourth-order valence-corrected chi connectivity index (χ4v) is 4.22. The van der Waals surface area contributed by atoms with Gasteiger partial charge in [0.15, 0.2) is 0 Å². The predicted molar refractivity (Wildman–Crippen MR) is 79.9 cm³/mol. The van der Waals surface area contributed by atoms with Crippen molar-refractivity contribution in [1.29, 1.82) is 0 Å². The first-order valence-electron chi connectivity index (χ1n) is 7.04. The van der Waals surface area contributed by atoms with Gasteiger partial charge >= 0.3 is 0 Å². The molecule has 0 radical (unpaired) electrons. The van der Waals surface area contributed by atoms with Crippen molar-refractivity contribution in [2.75, 3.05) is 13.1 Å². The Morgan fingerprint density at radius 1 is 1.20 bits per heavy atom. The summed E-state index contributed by atoms with van der Waals surface area (Å²) < 4.78 is 23.9. The Morgan fingerprint density at radius 3 is 2.45 bits per heavy atom. The third kappa shape index (κ3) is 3.34. The van der Waals surface area contributed by atoms with Crippen LogP contribution in [-0.2, 0) is 15.7 Å². The average Bonchev–Trinajstić information content (AvgIpc) is 3.18. The Bertz CT molecular complexity index is 556. The van der Waals surface area contributed by atoms with Gasteiger partial charge in [-0.25, -0.2) is 0 Å². The molecule has 1 aromatic rings. The van der Waals surface area contributed by atoms with Crippen LogP contribution in [0.5, 0.6) is 0 Å². The smallest absolute Gasteiger partial charge is 0.299 e. The van der Waals surface area contributed by atoms with E-state index in [0.29, 0.717) is 31.1 Å². The van der Waals surface area contributed by atoms with E-state index in [-0.39, 0.29) is 0 Å². The number of rotatable bonds is 4. The van der Waals surface area contributed by atoms with Crippen LogP contribution in [0.15, 0.2) is 30.3 Å². The molecule has 0 amide bonds. The molecular weight excluding hydrogens is 296 g/mol. The summed E-state index contributed by atoms with van der Waals surface area (Å²) in [6.45, 7) is 1.10. The maximum atomic E-state index is 11.3. The third-order valence-corrected chi connectivity index (χ3v) is 5.91. The molecule has 0 bridgehead atoms. The number of piperidine rings is 1. The van der Waals surface area contributed by atoms with E-state index in [1.165, 1.54) is 9.87 Å². The zero-order chi connectivity index (χ0) is 14.2. The van der Waals surface area contributed by atoms with Crippen LogP contribution in [0, 0.1) is 5.92 Å². The Kier molecular flexibility index (Phi) is 4.04. The van der Waals surface area contributed by atoms with E-state index in [4.69, 9.17) is 10.7 Å². The molecule has 2 aliphatic heterocycles. The molecule has 1 N–H and O–H groups in total. The van der Waals surface area contributed by atoms with Gasteiger partial charge < -0.3 is 5.32 Å². The second kappa shape index (κ2) is 5.64. The largest absolute Gasteiger partial charge is 0.307 e. The molecule has 110 valence electrons. The van der Waals surface area contributed by atoms with E-state index in [0.717, 1.165) is 19.3 Å². The van der Waals surface area contributed by atoms with E-state index in [1.807, 2.05) is 6.07 Å². The highest BCUT2D eigenvalue weighted by molar-refractivity contribution is 8.11. The van der Waals surface area contributed by atoms with Crippen molar-refractivity contribution in [2.24, 2.45) is 5.92 Å². The lowest BCUT2D eigenvalue weighted by atomic mass is 9.91. The van der Waals surface area contributed by atoms with Crippen molar-refractivity contribution in [1.82, 2.24) is 9.62 Å². The van der Waals surface area contributed by atoms with Gasteiger partial charge in [-0.1, -0.05) is 30.3 Å². The van der Waals surface area contributed by atoms with Gasteiger partial charge in [0.25, 0.3) is 9.24 Å². The summed E-state index contributed by atoms with van der Waals surface area (Å²) in [7, 11) is 1.84. The van der Waals surface area contributed by atoms with Gasteiger partial charge in [-0.2, -0.15) is 12.7 Å². The SMILES string of the molecule is O=S(=O)(Cl)N1CCC(C2N[C@H]2Cc2ccccc2)CC1. The Hall–Kier alpha value is -0.620. The maximum Gasteiger partial charge on any atom is 0.299 e. The number of hydrogen-bond donors (Lipinski definition) is 1. The predicted octanol–water partition coefficient (Wildman–Crippen LogP) is 1.77. The van der Waals surface area contributed by atoms with Crippen molar-refractivity contribution in [3.63, 3.8) is 0 Å². The number of halogens is 1. The summed E-state index contributed by atoms with van der Waals surface area (Å²) in [5.74, 6) is 0.568. The van der Waals surface area contributed by atoms with Gasteiger partial charge in [0, 0.05) is 35.9 Å². The molecular formula is C14H19ClN2O2S. The highest BCUT2D eigenvalue weighted by Crippen LogP contribution is 2.32. The van der Waals surface area contributed by atoms with Gasteiger partial charge in [-0.15, -0.1) is 0 Å². The summed E-state index contributed by atoms with van der Waals surface area (Å²) in [5.41, 5.74) is 1.35. The zero-order valence-corrected chi connectivity index (χ0v) is 12.8. The van der Waals surface area contributed by atoms with E-state index in [9.17, 15) is 8.42 Å². The molecule has 0 aliphatic carbocycles. The van der Waals surface area contributed by atoms with Gasteiger partial charge in [0.1, 0.15) is 0 Å². The molecule has 2 fully saturated rings. The highest BCUT2D eigenvalue weighted by atomic mass is 35.7. The molecule has 0 aromatic heterocycles. The van der Waals surface area contributed by atoms with E-state index >= 15 is 0 Å². The van der Waals surface area contributed by atoms with Crippen LogP contribution >= 0.6 is 10.7 Å². The zero-order valence-electron chi connectivity index (χ0n) is 11.2. The van der Waals surface area contributed by atoms with Crippen LogP contribution in [0.3, 0.4) is 0 Å². The lowest BCUT2D eigenvalue weighted by Gasteiger charge is -2.29. The fourth-order valence-electron chi connectivity index (χ4n) is 3.16. The van der Waals surface area contributed by atoms with E-state index < -0.39 is 9.24 Å². The molecule has 2 heterocycles. The van der Waals surface area contributed by atoms with Crippen LogP contribution in [0.25, 0.3) is 0 Å². The summed E-state index contributed by atoms with van der Waals surface area (Å²) in [6.07, 6.45) is 2.85. The first-order chi connectivity index (χ1) is 9.54. The van der Waals surface area contributed by atoms with Crippen molar-refractivity contribution in [3.8, 4) is 0 Å². The van der Waals surface area contributed by atoms with Crippen molar-refractivity contribution < 1.29 is 8.42 Å². The monoisotopic (exact) mass is 314 g/mol. The molecule has 20 heavy (non-hydrogen) atoms. The van der Waals surface area contributed by atoms with Crippen LogP contribution in [-0.4, -0.2) is 37.9 Å². The van der Waals surface area contributed by atoms with Gasteiger partial charge in [0.2, 0.25) is 0 Å². The summed E-state index contributed by atoms with van der Waals surface area (Å²) in [4.78, 5) is 0.